The maximum atomic E-state index is 12.5. The Kier molecular flexibility index (Phi) is 5.85. The topological polar surface area (TPSA) is 104 Å². The molecule has 142 valence electrons. The highest BCUT2D eigenvalue weighted by Crippen LogP contribution is 2.23. The summed E-state index contributed by atoms with van der Waals surface area (Å²) in [6.45, 7) is 5.72. The molecule has 1 saturated carbocycles. The molecule has 0 unspecified atom stereocenters. The van der Waals surface area contributed by atoms with Crippen molar-refractivity contribution in [3.8, 4) is 5.95 Å². The summed E-state index contributed by atoms with van der Waals surface area (Å²) in [5, 5.41) is 16.0. The van der Waals surface area contributed by atoms with E-state index in [2.05, 4.69) is 20.6 Å². The van der Waals surface area contributed by atoms with Gasteiger partial charge in [-0.2, -0.15) is 5.10 Å². The van der Waals surface area contributed by atoms with Gasteiger partial charge in [0.25, 0.3) is 5.95 Å². The van der Waals surface area contributed by atoms with Gasteiger partial charge >= 0.3 is 0 Å². The number of carbonyl (C=O) groups excluding carboxylic acids is 1. The summed E-state index contributed by atoms with van der Waals surface area (Å²) in [5.41, 5.74) is 1.81. The summed E-state index contributed by atoms with van der Waals surface area (Å²) in [6, 6.07) is 2.23. The molecule has 1 amide bonds. The van der Waals surface area contributed by atoms with E-state index in [0.717, 1.165) is 24.2 Å². The minimum atomic E-state index is -0.293. The van der Waals surface area contributed by atoms with E-state index in [0.29, 0.717) is 11.1 Å². The van der Waals surface area contributed by atoms with Crippen LogP contribution in [0.25, 0.3) is 5.95 Å². The minimum Gasteiger partial charge on any atom is -0.352 e. The predicted molar refractivity (Wildman–Crippen MR) is 102 cm³/mol. The standard InChI is InChI=1S/C17H27N7OS/c1-11-10-12(2)24(22-11)16-20-21-17(23(16)18)26-13(3)15(25)19-14-8-6-4-5-7-9-14/h10,13-14H,4-9,18H2,1-3H3,(H,19,25)/t13-/m0/s1. The zero-order valence-electron chi connectivity index (χ0n) is 15.6. The number of hydrogen-bond donors (Lipinski definition) is 2. The van der Waals surface area contributed by atoms with E-state index >= 15 is 0 Å². The fourth-order valence-corrected chi connectivity index (χ4v) is 4.05. The van der Waals surface area contributed by atoms with E-state index in [-0.39, 0.29) is 17.2 Å². The lowest BCUT2D eigenvalue weighted by molar-refractivity contribution is -0.121. The van der Waals surface area contributed by atoms with Crippen LogP contribution in [0.15, 0.2) is 11.2 Å². The number of nitrogens with two attached hydrogens (primary N) is 1. The van der Waals surface area contributed by atoms with Gasteiger partial charge in [0.15, 0.2) is 0 Å². The summed E-state index contributed by atoms with van der Waals surface area (Å²) in [4.78, 5) is 12.5. The zero-order chi connectivity index (χ0) is 18.7. The van der Waals surface area contributed by atoms with Crippen molar-refractivity contribution >= 4 is 17.7 Å². The van der Waals surface area contributed by atoms with E-state index in [1.165, 1.54) is 42.1 Å². The largest absolute Gasteiger partial charge is 0.352 e. The minimum absolute atomic E-state index is 0.0255. The fourth-order valence-electron chi connectivity index (χ4n) is 3.28. The second kappa shape index (κ2) is 8.11. The van der Waals surface area contributed by atoms with Crippen molar-refractivity contribution in [2.45, 2.75) is 75.7 Å². The first-order valence-electron chi connectivity index (χ1n) is 9.17. The number of aryl methyl sites for hydroxylation is 2. The molecular weight excluding hydrogens is 350 g/mol. The fraction of sp³-hybridized carbons (Fsp3) is 0.647. The predicted octanol–water partition coefficient (Wildman–Crippen LogP) is 2.11. The summed E-state index contributed by atoms with van der Waals surface area (Å²) in [7, 11) is 0. The number of aromatic nitrogens is 5. The van der Waals surface area contributed by atoms with Crippen LogP contribution in [0.4, 0.5) is 0 Å². The monoisotopic (exact) mass is 377 g/mol. The molecule has 0 aliphatic heterocycles. The van der Waals surface area contributed by atoms with Crippen LogP contribution >= 0.6 is 11.8 Å². The lowest BCUT2D eigenvalue weighted by Gasteiger charge is -2.19. The third-order valence-electron chi connectivity index (χ3n) is 4.70. The number of nitrogens with one attached hydrogen (secondary N) is 1. The normalized spacial score (nSPS) is 17.0. The second-order valence-corrected chi connectivity index (χ2v) is 8.26. The number of rotatable bonds is 5. The quantitative estimate of drug-likeness (QED) is 0.470. The average molecular weight is 378 g/mol. The highest BCUT2D eigenvalue weighted by Gasteiger charge is 2.23. The SMILES string of the molecule is Cc1cc(C)n(-c2nnc(S[C@@H](C)C(=O)NC3CCCCCC3)n2N)n1. The summed E-state index contributed by atoms with van der Waals surface area (Å²) < 4.78 is 3.04. The number of hydrogen-bond acceptors (Lipinski definition) is 6. The Balaban J connectivity index is 1.65. The highest BCUT2D eigenvalue weighted by molar-refractivity contribution is 8.00. The van der Waals surface area contributed by atoms with Gasteiger partial charge in [0.2, 0.25) is 11.1 Å². The molecule has 2 aromatic rings. The lowest BCUT2D eigenvalue weighted by Crippen LogP contribution is -2.39. The molecule has 0 bridgehead atoms. The summed E-state index contributed by atoms with van der Waals surface area (Å²) in [5.74, 6) is 6.61. The molecule has 1 atom stereocenters. The van der Waals surface area contributed by atoms with Crippen LogP contribution in [0.5, 0.6) is 0 Å². The molecule has 1 aliphatic carbocycles. The smallest absolute Gasteiger partial charge is 0.271 e. The first kappa shape index (κ1) is 18.8. The molecule has 8 nitrogen and oxygen atoms in total. The van der Waals surface area contributed by atoms with E-state index in [4.69, 9.17) is 5.84 Å². The number of nitrogen functional groups attached to an aromatic ring is 1. The molecule has 0 spiro atoms. The van der Waals surface area contributed by atoms with Crippen molar-refractivity contribution in [1.29, 1.82) is 0 Å². The summed E-state index contributed by atoms with van der Waals surface area (Å²) in [6.07, 6.45) is 7.05. The van der Waals surface area contributed by atoms with Gasteiger partial charge in [-0.1, -0.05) is 37.4 Å². The second-order valence-electron chi connectivity index (χ2n) is 6.95. The molecule has 0 radical (unpaired) electrons. The molecule has 2 heterocycles. The Labute approximate surface area is 157 Å². The molecule has 0 aromatic carbocycles. The van der Waals surface area contributed by atoms with E-state index < -0.39 is 0 Å². The van der Waals surface area contributed by atoms with Gasteiger partial charge in [0.1, 0.15) is 0 Å². The van der Waals surface area contributed by atoms with Crippen LogP contribution in [0.1, 0.15) is 56.8 Å². The van der Waals surface area contributed by atoms with Crippen molar-refractivity contribution in [2.24, 2.45) is 0 Å². The van der Waals surface area contributed by atoms with E-state index in [9.17, 15) is 4.79 Å². The van der Waals surface area contributed by atoms with Crippen molar-refractivity contribution in [3.05, 3.63) is 17.5 Å². The molecule has 1 aliphatic rings. The lowest BCUT2D eigenvalue weighted by atomic mass is 10.1. The highest BCUT2D eigenvalue weighted by atomic mass is 32.2. The maximum absolute atomic E-state index is 12.5. The first-order chi connectivity index (χ1) is 12.5. The number of carbonyl (C=O) groups is 1. The van der Waals surface area contributed by atoms with Crippen LogP contribution < -0.4 is 11.2 Å². The number of thioether (sulfide) groups is 1. The van der Waals surface area contributed by atoms with Gasteiger partial charge in [-0.3, -0.25) is 4.79 Å². The molecule has 9 heteroatoms. The molecular formula is C17H27N7OS. The third kappa shape index (κ3) is 4.20. The van der Waals surface area contributed by atoms with Crippen LogP contribution in [-0.2, 0) is 4.79 Å². The van der Waals surface area contributed by atoms with Crippen LogP contribution in [0.2, 0.25) is 0 Å². The zero-order valence-corrected chi connectivity index (χ0v) is 16.4. The van der Waals surface area contributed by atoms with Crippen molar-refractivity contribution in [3.63, 3.8) is 0 Å². The summed E-state index contributed by atoms with van der Waals surface area (Å²) >= 11 is 1.31. The van der Waals surface area contributed by atoms with Crippen molar-refractivity contribution in [1.82, 2.24) is 30.0 Å². The van der Waals surface area contributed by atoms with E-state index in [1.54, 1.807) is 4.68 Å². The van der Waals surface area contributed by atoms with Crippen molar-refractivity contribution in [2.75, 3.05) is 5.84 Å². The number of nitrogens with zero attached hydrogens (tertiary/aromatic N) is 5. The Bertz CT molecular complexity index is 761. The molecule has 3 N–H and O–H groups in total. The van der Waals surface area contributed by atoms with Gasteiger partial charge < -0.3 is 11.2 Å². The van der Waals surface area contributed by atoms with Crippen LogP contribution in [0.3, 0.4) is 0 Å². The van der Waals surface area contributed by atoms with Gasteiger partial charge in [-0.25, -0.2) is 9.36 Å². The van der Waals surface area contributed by atoms with Crippen LogP contribution in [-0.4, -0.2) is 41.9 Å². The van der Waals surface area contributed by atoms with Gasteiger partial charge in [-0.05, 0) is 39.7 Å². The maximum Gasteiger partial charge on any atom is 0.271 e. The first-order valence-corrected chi connectivity index (χ1v) is 10.0. The Morgan fingerprint density at radius 3 is 2.58 bits per heavy atom. The Morgan fingerprint density at radius 1 is 1.27 bits per heavy atom. The third-order valence-corrected chi connectivity index (χ3v) is 5.76. The van der Waals surface area contributed by atoms with Crippen LogP contribution in [0, 0.1) is 13.8 Å². The molecule has 2 aromatic heterocycles. The van der Waals surface area contributed by atoms with Crippen molar-refractivity contribution < 1.29 is 4.79 Å². The average Bonchev–Trinajstić information content (AvgIpc) is 2.99. The molecule has 1 fully saturated rings. The number of amides is 1. The van der Waals surface area contributed by atoms with E-state index in [1.807, 2.05) is 26.8 Å². The molecule has 0 saturated heterocycles. The van der Waals surface area contributed by atoms with Gasteiger partial charge in [0.05, 0.1) is 10.9 Å². The Morgan fingerprint density at radius 2 is 1.96 bits per heavy atom. The Hall–Kier alpha value is -2.03. The van der Waals surface area contributed by atoms with Gasteiger partial charge in [0, 0.05) is 11.7 Å². The molecule has 3 rings (SSSR count). The van der Waals surface area contributed by atoms with Gasteiger partial charge in [-0.15, -0.1) is 10.2 Å². The molecule has 26 heavy (non-hydrogen) atoms.